The molecule has 0 radical (unpaired) electrons. The van der Waals surface area contributed by atoms with E-state index < -0.39 is 10.0 Å². The number of rotatable bonds is 5. The number of aromatic nitrogens is 4. The van der Waals surface area contributed by atoms with Gasteiger partial charge in [0, 0.05) is 19.8 Å². The van der Waals surface area contributed by atoms with E-state index in [1.807, 2.05) is 17.5 Å². The minimum atomic E-state index is -3.52. The molecule has 27 heavy (non-hydrogen) atoms. The third kappa shape index (κ3) is 3.29. The Bertz CT molecular complexity index is 1200. The molecule has 10 heteroatoms. The van der Waals surface area contributed by atoms with Gasteiger partial charge in [0.25, 0.3) is 0 Å². The molecule has 0 fully saturated rings. The summed E-state index contributed by atoms with van der Waals surface area (Å²) in [5.74, 6) is 1.11. The molecular weight excluding hydrogens is 384 g/mol. The van der Waals surface area contributed by atoms with Gasteiger partial charge in [0.1, 0.15) is 11.0 Å². The zero-order chi connectivity index (χ0) is 19.0. The molecule has 0 bridgehead atoms. The standard InChI is InChI=1S/C17H16N6O2S2/c1-23(2)27(24,25)12-6-3-5-11(9-12)19-17-15-13(10-18-22-15)20-16(21-17)14-7-4-8-26-14/h3-10H,1-2H3,(H,18,22)(H,19,20,21). The van der Waals surface area contributed by atoms with Gasteiger partial charge in [-0.2, -0.15) is 5.10 Å². The van der Waals surface area contributed by atoms with Crippen LogP contribution < -0.4 is 5.32 Å². The van der Waals surface area contributed by atoms with E-state index >= 15 is 0 Å². The lowest BCUT2D eigenvalue weighted by Crippen LogP contribution is -2.22. The van der Waals surface area contributed by atoms with Gasteiger partial charge in [0.2, 0.25) is 10.0 Å². The number of benzene rings is 1. The Morgan fingerprint density at radius 2 is 2.00 bits per heavy atom. The van der Waals surface area contributed by atoms with E-state index in [0.717, 1.165) is 4.88 Å². The predicted molar refractivity (Wildman–Crippen MR) is 106 cm³/mol. The number of fused-ring (bicyclic) bond motifs is 1. The first kappa shape index (κ1) is 17.6. The third-order valence-electron chi connectivity index (χ3n) is 3.92. The Kier molecular flexibility index (Phi) is 4.38. The van der Waals surface area contributed by atoms with Crippen molar-refractivity contribution in [3.8, 4) is 10.7 Å². The highest BCUT2D eigenvalue weighted by molar-refractivity contribution is 7.89. The van der Waals surface area contributed by atoms with Crippen LogP contribution in [0.25, 0.3) is 21.7 Å². The second-order valence-electron chi connectivity index (χ2n) is 5.94. The summed E-state index contributed by atoms with van der Waals surface area (Å²) in [5, 5.41) is 12.1. The fraction of sp³-hybridized carbons (Fsp3) is 0.118. The number of H-pyrrole nitrogens is 1. The molecule has 0 unspecified atom stereocenters. The lowest BCUT2D eigenvalue weighted by atomic mass is 10.3. The maximum Gasteiger partial charge on any atom is 0.242 e. The van der Waals surface area contributed by atoms with Gasteiger partial charge >= 0.3 is 0 Å². The molecule has 0 aliphatic rings. The maximum absolute atomic E-state index is 12.4. The summed E-state index contributed by atoms with van der Waals surface area (Å²) in [4.78, 5) is 10.3. The van der Waals surface area contributed by atoms with Crippen molar-refractivity contribution in [2.75, 3.05) is 19.4 Å². The average Bonchev–Trinajstić information content (AvgIpc) is 3.33. The number of hydrogen-bond donors (Lipinski definition) is 2. The van der Waals surface area contributed by atoms with Crippen molar-refractivity contribution >= 4 is 43.9 Å². The minimum Gasteiger partial charge on any atom is -0.338 e. The lowest BCUT2D eigenvalue weighted by molar-refractivity contribution is 0.521. The minimum absolute atomic E-state index is 0.200. The van der Waals surface area contributed by atoms with Crippen molar-refractivity contribution in [1.29, 1.82) is 0 Å². The summed E-state index contributed by atoms with van der Waals surface area (Å²) < 4.78 is 25.9. The number of nitrogens with one attached hydrogen (secondary N) is 2. The second-order valence-corrected chi connectivity index (χ2v) is 9.04. The van der Waals surface area contributed by atoms with Crippen LogP contribution in [0.3, 0.4) is 0 Å². The van der Waals surface area contributed by atoms with Crippen LogP contribution >= 0.6 is 11.3 Å². The summed E-state index contributed by atoms with van der Waals surface area (Å²) in [7, 11) is -0.522. The van der Waals surface area contributed by atoms with Gasteiger partial charge in [-0.05, 0) is 29.6 Å². The van der Waals surface area contributed by atoms with Crippen LogP contribution in [0, 0.1) is 0 Å². The molecule has 0 atom stereocenters. The highest BCUT2D eigenvalue weighted by Gasteiger charge is 2.18. The van der Waals surface area contributed by atoms with Crippen LogP contribution in [-0.4, -0.2) is 47.0 Å². The van der Waals surface area contributed by atoms with Crippen molar-refractivity contribution in [3.05, 3.63) is 48.0 Å². The van der Waals surface area contributed by atoms with Gasteiger partial charge in [-0.1, -0.05) is 12.1 Å². The molecule has 3 heterocycles. The quantitative estimate of drug-likeness (QED) is 0.534. The summed E-state index contributed by atoms with van der Waals surface area (Å²) >= 11 is 1.54. The van der Waals surface area contributed by atoms with E-state index in [1.165, 1.54) is 18.4 Å². The molecule has 0 amide bonds. The molecule has 2 N–H and O–H groups in total. The van der Waals surface area contributed by atoms with Crippen molar-refractivity contribution in [1.82, 2.24) is 24.5 Å². The fourth-order valence-corrected chi connectivity index (χ4v) is 4.13. The summed E-state index contributed by atoms with van der Waals surface area (Å²) in [6.45, 7) is 0. The van der Waals surface area contributed by atoms with Crippen molar-refractivity contribution in [3.63, 3.8) is 0 Å². The molecule has 0 saturated heterocycles. The van der Waals surface area contributed by atoms with Gasteiger partial charge in [0.05, 0.1) is 16.0 Å². The smallest absolute Gasteiger partial charge is 0.242 e. The normalized spacial score (nSPS) is 12.0. The maximum atomic E-state index is 12.4. The van der Waals surface area contributed by atoms with Crippen molar-refractivity contribution in [2.24, 2.45) is 0 Å². The molecule has 1 aromatic carbocycles. The van der Waals surface area contributed by atoms with Crippen LogP contribution in [0.1, 0.15) is 0 Å². The lowest BCUT2D eigenvalue weighted by Gasteiger charge is -2.13. The molecule has 138 valence electrons. The van der Waals surface area contributed by atoms with E-state index in [9.17, 15) is 8.42 Å². The third-order valence-corrected chi connectivity index (χ3v) is 6.59. The number of sulfonamides is 1. The molecule has 0 saturated carbocycles. The van der Waals surface area contributed by atoms with Crippen molar-refractivity contribution in [2.45, 2.75) is 4.90 Å². The molecule has 3 aromatic heterocycles. The largest absolute Gasteiger partial charge is 0.338 e. The number of anilines is 2. The van der Waals surface area contributed by atoms with Gasteiger partial charge in [-0.15, -0.1) is 11.3 Å². The van der Waals surface area contributed by atoms with Gasteiger partial charge in [-0.25, -0.2) is 22.7 Å². The highest BCUT2D eigenvalue weighted by atomic mass is 32.2. The van der Waals surface area contributed by atoms with E-state index in [4.69, 9.17) is 0 Å². The molecule has 0 spiro atoms. The number of hydrogen-bond acceptors (Lipinski definition) is 7. The predicted octanol–water partition coefficient (Wildman–Crippen LogP) is 3.08. The molecular formula is C17H16N6O2S2. The molecule has 4 rings (SSSR count). The Morgan fingerprint density at radius 1 is 1.15 bits per heavy atom. The second kappa shape index (κ2) is 6.72. The highest BCUT2D eigenvalue weighted by Crippen LogP contribution is 2.28. The zero-order valence-corrected chi connectivity index (χ0v) is 16.2. The van der Waals surface area contributed by atoms with Crippen LogP contribution in [0.4, 0.5) is 11.5 Å². The van der Waals surface area contributed by atoms with E-state index in [-0.39, 0.29) is 4.90 Å². The number of thiophene rings is 1. The number of nitrogens with zero attached hydrogens (tertiary/aromatic N) is 4. The van der Waals surface area contributed by atoms with Gasteiger partial charge in [0.15, 0.2) is 11.6 Å². The Hall–Kier alpha value is -2.82. The monoisotopic (exact) mass is 400 g/mol. The van der Waals surface area contributed by atoms with Crippen LogP contribution in [-0.2, 0) is 10.0 Å². The Balaban J connectivity index is 1.77. The van der Waals surface area contributed by atoms with Crippen LogP contribution in [0.15, 0.2) is 52.9 Å². The van der Waals surface area contributed by atoms with Gasteiger partial charge in [-0.3, -0.25) is 5.10 Å². The zero-order valence-electron chi connectivity index (χ0n) is 14.5. The summed E-state index contributed by atoms with van der Waals surface area (Å²) in [6, 6.07) is 10.5. The number of aromatic amines is 1. The Labute approximate surface area is 160 Å². The molecule has 4 aromatic rings. The van der Waals surface area contributed by atoms with E-state index in [1.54, 1.807) is 41.8 Å². The average molecular weight is 400 g/mol. The molecule has 8 nitrogen and oxygen atoms in total. The van der Waals surface area contributed by atoms with Crippen LogP contribution in [0.2, 0.25) is 0 Å². The molecule has 0 aliphatic heterocycles. The fourth-order valence-electron chi connectivity index (χ4n) is 2.53. The van der Waals surface area contributed by atoms with Crippen LogP contribution in [0.5, 0.6) is 0 Å². The molecule has 0 aliphatic carbocycles. The topological polar surface area (TPSA) is 104 Å². The first-order chi connectivity index (χ1) is 12.9. The van der Waals surface area contributed by atoms with Crippen molar-refractivity contribution < 1.29 is 8.42 Å². The van der Waals surface area contributed by atoms with E-state index in [2.05, 4.69) is 25.5 Å². The first-order valence-corrected chi connectivity index (χ1v) is 10.3. The van der Waals surface area contributed by atoms with E-state index in [0.29, 0.717) is 28.4 Å². The SMILES string of the molecule is CN(C)S(=O)(=O)c1cccc(Nc2nc(-c3cccs3)nc3cn[nH]c23)c1. The van der Waals surface area contributed by atoms with Gasteiger partial charge < -0.3 is 5.32 Å². The summed E-state index contributed by atoms with van der Waals surface area (Å²) in [6.07, 6.45) is 1.63. The summed E-state index contributed by atoms with van der Waals surface area (Å²) in [5.41, 5.74) is 1.92. The Morgan fingerprint density at radius 3 is 2.74 bits per heavy atom. The first-order valence-electron chi connectivity index (χ1n) is 8.00.